The summed E-state index contributed by atoms with van der Waals surface area (Å²) in [5.41, 5.74) is 11.8. The SMILES string of the molecule is COC(=O)c1ccc(N2CCN(CC3=C(c4ccc(Cl)cc4)CC(C)(C)CC3)CC2)cc1Oc1cnc(N)c(Br)c1. The first-order valence-corrected chi connectivity index (χ1v) is 15.0. The van der Waals surface area contributed by atoms with Crippen molar-refractivity contribution in [3.63, 3.8) is 0 Å². The third-order valence-corrected chi connectivity index (χ3v) is 8.86. The van der Waals surface area contributed by atoms with Crippen molar-refractivity contribution in [1.82, 2.24) is 9.88 Å². The largest absolute Gasteiger partial charge is 0.465 e. The number of allylic oxidation sites excluding steroid dienone is 1. The van der Waals surface area contributed by atoms with Crippen LogP contribution in [0.4, 0.5) is 11.5 Å². The Morgan fingerprint density at radius 1 is 1.10 bits per heavy atom. The molecule has 3 aromatic rings. The average molecular weight is 640 g/mol. The van der Waals surface area contributed by atoms with Gasteiger partial charge in [-0.15, -0.1) is 0 Å². The Kier molecular flexibility index (Phi) is 8.92. The monoisotopic (exact) mass is 638 g/mol. The molecule has 0 amide bonds. The zero-order valence-electron chi connectivity index (χ0n) is 23.8. The lowest BCUT2D eigenvalue weighted by molar-refractivity contribution is 0.0598. The first-order chi connectivity index (χ1) is 19.6. The van der Waals surface area contributed by atoms with Crippen molar-refractivity contribution in [3.05, 3.63) is 80.9 Å². The highest BCUT2D eigenvalue weighted by molar-refractivity contribution is 9.10. The number of carbonyl (C=O) groups excluding carboxylic acids is 1. The lowest BCUT2D eigenvalue weighted by atomic mass is 9.72. The van der Waals surface area contributed by atoms with Crippen LogP contribution in [0.25, 0.3) is 5.57 Å². The number of piperazine rings is 1. The van der Waals surface area contributed by atoms with Gasteiger partial charge in [0, 0.05) is 55.6 Å². The number of hydrogen-bond acceptors (Lipinski definition) is 7. The molecule has 1 aromatic heterocycles. The van der Waals surface area contributed by atoms with Crippen molar-refractivity contribution < 1.29 is 14.3 Å². The summed E-state index contributed by atoms with van der Waals surface area (Å²) in [5.74, 6) is 0.792. The smallest absolute Gasteiger partial charge is 0.341 e. The standard InChI is InChI=1S/C32H36BrClN4O3/c1-32(2)11-10-22(27(18-32)21-4-6-23(34)7-5-21)20-37-12-14-38(15-13-37)24-8-9-26(31(39)40-3)29(16-24)41-25-17-28(33)30(35)36-19-25/h4-9,16-17,19H,10-15,18,20H2,1-3H3,(H2,35,36). The van der Waals surface area contributed by atoms with Crippen LogP contribution in [0.15, 0.2) is 64.8 Å². The summed E-state index contributed by atoms with van der Waals surface area (Å²) in [6.07, 6.45) is 4.94. The van der Waals surface area contributed by atoms with E-state index in [2.05, 4.69) is 56.7 Å². The number of hydrogen-bond donors (Lipinski definition) is 1. The first-order valence-electron chi connectivity index (χ1n) is 13.9. The molecule has 1 aliphatic carbocycles. The van der Waals surface area contributed by atoms with Gasteiger partial charge in [-0.05, 0) is 76.0 Å². The van der Waals surface area contributed by atoms with E-state index in [0.29, 0.717) is 32.8 Å². The van der Waals surface area contributed by atoms with Gasteiger partial charge in [-0.1, -0.05) is 43.2 Å². The molecule has 2 aromatic carbocycles. The maximum atomic E-state index is 12.5. The van der Waals surface area contributed by atoms with E-state index < -0.39 is 5.97 Å². The van der Waals surface area contributed by atoms with Gasteiger partial charge in [0.1, 0.15) is 22.9 Å². The number of ether oxygens (including phenoxy) is 2. The van der Waals surface area contributed by atoms with E-state index in [4.69, 9.17) is 26.8 Å². The van der Waals surface area contributed by atoms with E-state index in [-0.39, 0.29) is 0 Å². The van der Waals surface area contributed by atoms with Gasteiger partial charge in [-0.25, -0.2) is 9.78 Å². The van der Waals surface area contributed by atoms with E-state index in [1.54, 1.807) is 17.7 Å². The Bertz CT molecular complexity index is 1450. The molecule has 1 aliphatic heterocycles. The van der Waals surface area contributed by atoms with Crippen molar-refractivity contribution >= 4 is 50.6 Å². The Hall–Kier alpha value is -3.07. The molecule has 2 heterocycles. The van der Waals surface area contributed by atoms with Crippen LogP contribution in [0.2, 0.25) is 5.02 Å². The summed E-state index contributed by atoms with van der Waals surface area (Å²) < 4.78 is 11.7. The Labute approximate surface area is 255 Å². The fourth-order valence-electron chi connectivity index (χ4n) is 5.58. The molecule has 0 saturated carbocycles. The minimum absolute atomic E-state index is 0.297. The van der Waals surface area contributed by atoms with Crippen LogP contribution in [0, 0.1) is 5.41 Å². The molecule has 0 atom stereocenters. The number of rotatable bonds is 7. The van der Waals surface area contributed by atoms with Crippen molar-refractivity contribution in [2.75, 3.05) is 50.5 Å². The predicted molar refractivity (Wildman–Crippen MR) is 169 cm³/mol. The normalized spacial score (nSPS) is 17.4. The highest BCUT2D eigenvalue weighted by Crippen LogP contribution is 2.43. The van der Waals surface area contributed by atoms with Gasteiger partial charge in [0.25, 0.3) is 0 Å². The van der Waals surface area contributed by atoms with Crippen LogP contribution < -0.4 is 15.4 Å². The maximum Gasteiger partial charge on any atom is 0.341 e. The van der Waals surface area contributed by atoms with Crippen LogP contribution >= 0.6 is 27.5 Å². The maximum absolute atomic E-state index is 12.5. The minimum atomic E-state index is -0.459. The second kappa shape index (κ2) is 12.4. The van der Waals surface area contributed by atoms with E-state index in [1.807, 2.05) is 24.3 Å². The number of nitrogen functional groups attached to an aromatic ring is 1. The molecule has 0 spiro atoms. The third kappa shape index (κ3) is 7.05. The zero-order valence-corrected chi connectivity index (χ0v) is 26.1. The molecule has 2 aliphatic rings. The van der Waals surface area contributed by atoms with Crippen molar-refractivity contribution in [2.45, 2.75) is 33.1 Å². The fraction of sp³-hybridized carbons (Fsp3) is 0.375. The van der Waals surface area contributed by atoms with Crippen LogP contribution in [0.3, 0.4) is 0 Å². The van der Waals surface area contributed by atoms with Crippen LogP contribution in [-0.4, -0.2) is 55.7 Å². The number of halogens is 2. The summed E-state index contributed by atoms with van der Waals surface area (Å²) >= 11 is 9.57. The predicted octanol–water partition coefficient (Wildman–Crippen LogP) is 7.44. The molecular formula is C32H36BrClN4O3. The summed E-state index contributed by atoms with van der Waals surface area (Å²) in [4.78, 5) is 21.5. The third-order valence-electron chi connectivity index (χ3n) is 7.97. The first kappa shape index (κ1) is 29.4. The fourth-order valence-corrected chi connectivity index (χ4v) is 6.04. The number of benzene rings is 2. The molecule has 5 rings (SSSR count). The average Bonchev–Trinajstić information content (AvgIpc) is 2.96. The molecule has 0 bridgehead atoms. The summed E-state index contributed by atoms with van der Waals surface area (Å²) in [6.45, 7) is 9.36. The van der Waals surface area contributed by atoms with E-state index >= 15 is 0 Å². The number of pyridine rings is 1. The number of aromatic nitrogens is 1. The van der Waals surface area contributed by atoms with Gasteiger partial charge in [-0.2, -0.15) is 0 Å². The molecular weight excluding hydrogens is 604 g/mol. The number of nitrogens with zero attached hydrogens (tertiary/aromatic N) is 3. The van der Waals surface area contributed by atoms with Gasteiger partial charge >= 0.3 is 5.97 Å². The molecule has 0 unspecified atom stereocenters. The van der Waals surface area contributed by atoms with Crippen LogP contribution in [0.1, 0.15) is 49.0 Å². The van der Waals surface area contributed by atoms with Gasteiger partial charge in [-0.3, -0.25) is 4.90 Å². The van der Waals surface area contributed by atoms with Crippen molar-refractivity contribution in [1.29, 1.82) is 0 Å². The number of carbonyl (C=O) groups is 1. The number of nitrogens with two attached hydrogens (primary N) is 1. The Balaban J connectivity index is 1.31. The summed E-state index contributed by atoms with van der Waals surface area (Å²) in [7, 11) is 1.36. The second-order valence-corrected chi connectivity index (χ2v) is 12.8. The second-order valence-electron chi connectivity index (χ2n) is 11.5. The number of anilines is 2. The Morgan fingerprint density at radius 2 is 1.83 bits per heavy atom. The van der Waals surface area contributed by atoms with Crippen molar-refractivity contribution in [3.8, 4) is 11.5 Å². The van der Waals surface area contributed by atoms with Crippen LogP contribution in [-0.2, 0) is 4.74 Å². The molecule has 41 heavy (non-hydrogen) atoms. The zero-order chi connectivity index (χ0) is 29.1. The van der Waals surface area contributed by atoms with Gasteiger partial charge in [0.2, 0.25) is 0 Å². The molecule has 1 fully saturated rings. The van der Waals surface area contributed by atoms with E-state index in [9.17, 15) is 4.79 Å². The van der Waals surface area contributed by atoms with Crippen molar-refractivity contribution in [2.24, 2.45) is 5.41 Å². The highest BCUT2D eigenvalue weighted by atomic mass is 79.9. The Morgan fingerprint density at radius 3 is 2.51 bits per heavy atom. The summed E-state index contributed by atoms with van der Waals surface area (Å²) in [5, 5.41) is 0.772. The lowest BCUT2D eigenvalue weighted by Crippen LogP contribution is -2.47. The molecule has 216 valence electrons. The minimum Gasteiger partial charge on any atom is -0.465 e. The lowest BCUT2D eigenvalue weighted by Gasteiger charge is -2.39. The topological polar surface area (TPSA) is 80.9 Å². The van der Waals surface area contributed by atoms with E-state index in [1.165, 1.54) is 30.9 Å². The number of esters is 1. The number of methoxy groups -OCH3 is 1. The van der Waals surface area contributed by atoms with Gasteiger partial charge in [0.05, 0.1) is 17.8 Å². The van der Waals surface area contributed by atoms with Gasteiger partial charge < -0.3 is 20.1 Å². The molecule has 9 heteroatoms. The molecule has 7 nitrogen and oxygen atoms in total. The highest BCUT2D eigenvalue weighted by Gasteiger charge is 2.29. The quantitative estimate of drug-likeness (QED) is 0.269. The molecule has 0 radical (unpaired) electrons. The van der Waals surface area contributed by atoms with Gasteiger partial charge in [0.15, 0.2) is 0 Å². The molecule has 2 N–H and O–H groups in total. The molecule has 1 saturated heterocycles. The van der Waals surface area contributed by atoms with Crippen LogP contribution in [0.5, 0.6) is 11.5 Å². The summed E-state index contributed by atoms with van der Waals surface area (Å²) in [6, 6.07) is 15.7. The van der Waals surface area contributed by atoms with E-state index in [0.717, 1.165) is 56.3 Å².